The van der Waals surface area contributed by atoms with Crippen LogP contribution in [0.3, 0.4) is 0 Å². The lowest BCUT2D eigenvalue weighted by Gasteiger charge is -2.08. The fraction of sp³-hybridized carbons (Fsp3) is 0.333. The molecule has 2 aromatic heterocycles. The third-order valence-electron chi connectivity index (χ3n) is 3.46. The minimum atomic E-state index is -4.55. The molecule has 1 aromatic carbocycles. The number of hydrogen-bond donors (Lipinski definition) is 0. The molecule has 0 radical (unpaired) electrons. The van der Waals surface area contributed by atoms with E-state index in [-0.39, 0.29) is 10.4 Å². The summed E-state index contributed by atoms with van der Waals surface area (Å²) < 4.78 is 44.8. The van der Waals surface area contributed by atoms with Gasteiger partial charge in [-0.15, -0.1) is 20.4 Å². The molecule has 1 atom stereocenters. The molecule has 0 aliphatic heterocycles. The number of rotatable bonds is 4. The molecule has 0 saturated heterocycles. The number of aryl methyl sites for hydroxylation is 1. The number of halogens is 3. The Kier molecular flexibility index (Phi) is 4.55. The number of alkyl halides is 3. The van der Waals surface area contributed by atoms with Crippen LogP contribution in [0.2, 0.25) is 0 Å². The smallest absolute Gasteiger partial charge is 0.419 e. The van der Waals surface area contributed by atoms with Gasteiger partial charge in [-0.3, -0.25) is 0 Å². The third-order valence-corrected chi connectivity index (χ3v) is 4.58. The maximum atomic E-state index is 12.8. The monoisotopic (exact) mass is 369 g/mol. The molecule has 1 unspecified atom stereocenters. The highest BCUT2D eigenvalue weighted by Gasteiger charge is 2.37. The second-order valence-electron chi connectivity index (χ2n) is 5.43. The number of aromatic nitrogens is 5. The summed E-state index contributed by atoms with van der Waals surface area (Å²) in [4.78, 5) is 0. The van der Waals surface area contributed by atoms with Crippen molar-refractivity contribution in [1.82, 2.24) is 25.0 Å². The first-order valence-electron chi connectivity index (χ1n) is 7.29. The molecular weight excluding hydrogens is 355 g/mol. The third kappa shape index (κ3) is 3.68. The van der Waals surface area contributed by atoms with E-state index in [9.17, 15) is 13.2 Å². The Labute approximate surface area is 145 Å². The topological polar surface area (TPSA) is 69.6 Å². The van der Waals surface area contributed by atoms with Gasteiger partial charge in [-0.1, -0.05) is 29.5 Å². The Morgan fingerprint density at radius 3 is 2.36 bits per heavy atom. The van der Waals surface area contributed by atoms with Gasteiger partial charge >= 0.3 is 6.18 Å². The van der Waals surface area contributed by atoms with Gasteiger partial charge in [-0.25, -0.2) is 0 Å². The summed E-state index contributed by atoms with van der Waals surface area (Å²) in [5.41, 5.74) is 1.88. The Bertz CT molecular complexity index is 872. The van der Waals surface area contributed by atoms with Crippen molar-refractivity contribution in [3.05, 3.63) is 41.5 Å². The predicted molar refractivity (Wildman–Crippen MR) is 84.7 cm³/mol. The molecule has 0 saturated carbocycles. The van der Waals surface area contributed by atoms with Gasteiger partial charge in [0.15, 0.2) is 5.16 Å². The molecule has 0 N–H and O–H groups in total. The highest BCUT2D eigenvalue weighted by atomic mass is 32.2. The Hall–Kier alpha value is -2.36. The van der Waals surface area contributed by atoms with E-state index in [4.69, 9.17) is 4.42 Å². The van der Waals surface area contributed by atoms with Gasteiger partial charge in [-0.2, -0.15) is 13.2 Å². The summed E-state index contributed by atoms with van der Waals surface area (Å²) in [7, 11) is 1.27. The SMILES string of the molecule is Cc1ccc(-c2nnc(C(C)Sc3nnc(C(F)(F)F)n3C)o2)cc1. The number of hydrogen-bond acceptors (Lipinski definition) is 6. The lowest BCUT2D eigenvalue weighted by Crippen LogP contribution is -2.13. The molecule has 3 rings (SSSR count). The molecule has 0 amide bonds. The quantitative estimate of drug-likeness (QED) is 0.647. The van der Waals surface area contributed by atoms with E-state index in [1.54, 1.807) is 6.92 Å². The maximum absolute atomic E-state index is 12.8. The number of thioether (sulfide) groups is 1. The Morgan fingerprint density at radius 1 is 1.08 bits per heavy atom. The number of benzene rings is 1. The molecule has 6 nitrogen and oxygen atoms in total. The van der Waals surface area contributed by atoms with Crippen molar-refractivity contribution >= 4 is 11.8 Å². The van der Waals surface area contributed by atoms with Crippen molar-refractivity contribution in [2.45, 2.75) is 30.4 Å². The second-order valence-corrected chi connectivity index (χ2v) is 6.74. The molecule has 3 aromatic rings. The fourth-order valence-corrected chi connectivity index (χ4v) is 2.93. The fourth-order valence-electron chi connectivity index (χ4n) is 2.08. The molecule has 0 spiro atoms. The largest absolute Gasteiger partial charge is 0.451 e. The average molecular weight is 369 g/mol. The van der Waals surface area contributed by atoms with Crippen molar-refractivity contribution in [1.29, 1.82) is 0 Å². The van der Waals surface area contributed by atoms with Gasteiger partial charge in [0.2, 0.25) is 17.6 Å². The summed E-state index contributed by atoms with van der Waals surface area (Å²) in [6.07, 6.45) is -4.55. The lowest BCUT2D eigenvalue weighted by molar-refractivity contribution is -0.147. The van der Waals surface area contributed by atoms with Gasteiger partial charge < -0.3 is 8.98 Å². The van der Waals surface area contributed by atoms with Gasteiger partial charge in [0.25, 0.3) is 0 Å². The van der Waals surface area contributed by atoms with E-state index in [1.165, 1.54) is 7.05 Å². The van der Waals surface area contributed by atoms with E-state index in [2.05, 4.69) is 20.4 Å². The van der Waals surface area contributed by atoms with Crippen LogP contribution in [0.15, 0.2) is 33.8 Å². The molecule has 0 aliphatic rings. The first kappa shape index (κ1) is 17.5. The predicted octanol–water partition coefficient (Wildman–Crippen LogP) is 4.05. The van der Waals surface area contributed by atoms with Crippen LogP contribution >= 0.6 is 11.8 Å². The molecule has 2 heterocycles. The minimum Gasteiger partial charge on any atom is -0.419 e. The van der Waals surface area contributed by atoms with Crippen LogP contribution in [0.4, 0.5) is 13.2 Å². The van der Waals surface area contributed by atoms with Gasteiger partial charge in [0, 0.05) is 12.6 Å². The van der Waals surface area contributed by atoms with Crippen molar-refractivity contribution < 1.29 is 17.6 Å². The Morgan fingerprint density at radius 2 is 1.76 bits per heavy atom. The van der Waals surface area contributed by atoms with Crippen molar-refractivity contribution in [3.63, 3.8) is 0 Å². The van der Waals surface area contributed by atoms with Crippen LogP contribution in [0.5, 0.6) is 0 Å². The van der Waals surface area contributed by atoms with Crippen LogP contribution in [0.1, 0.15) is 29.5 Å². The van der Waals surface area contributed by atoms with E-state index in [0.29, 0.717) is 11.8 Å². The summed E-state index contributed by atoms with van der Waals surface area (Å²) >= 11 is 1.06. The molecule has 25 heavy (non-hydrogen) atoms. The van der Waals surface area contributed by atoms with Crippen LogP contribution < -0.4 is 0 Å². The zero-order chi connectivity index (χ0) is 18.2. The first-order valence-corrected chi connectivity index (χ1v) is 8.17. The van der Waals surface area contributed by atoms with Gasteiger partial charge in [-0.05, 0) is 26.0 Å². The normalized spacial score (nSPS) is 13.2. The highest BCUT2D eigenvalue weighted by molar-refractivity contribution is 7.99. The summed E-state index contributed by atoms with van der Waals surface area (Å²) in [6.45, 7) is 3.72. The molecule has 132 valence electrons. The van der Waals surface area contributed by atoms with E-state index in [1.807, 2.05) is 31.2 Å². The highest BCUT2D eigenvalue weighted by Crippen LogP contribution is 2.36. The molecule has 0 aliphatic carbocycles. The van der Waals surface area contributed by atoms with Crippen LogP contribution in [-0.4, -0.2) is 25.0 Å². The standard InChI is InChI=1S/C15H14F3N5OS/c1-8-4-6-10(7-5-8)12-20-19-11(24-12)9(2)25-14-22-21-13(23(14)3)15(16,17)18/h4-7,9H,1-3H3. The van der Waals surface area contributed by atoms with E-state index in [0.717, 1.165) is 27.5 Å². The molecule has 10 heteroatoms. The molecule has 0 fully saturated rings. The van der Waals surface area contributed by atoms with Crippen LogP contribution in [0.25, 0.3) is 11.5 Å². The maximum Gasteiger partial charge on any atom is 0.451 e. The van der Waals surface area contributed by atoms with Crippen molar-refractivity contribution in [3.8, 4) is 11.5 Å². The molecular formula is C15H14F3N5OS. The van der Waals surface area contributed by atoms with Crippen LogP contribution in [0, 0.1) is 6.92 Å². The van der Waals surface area contributed by atoms with E-state index < -0.39 is 12.0 Å². The first-order chi connectivity index (χ1) is 11.8. The van der Waals surface area contributed by atoms with Gasteiger partial charge in [0.1, 0.15) is 0 Å². The zero-order valence-electron chi connectivity index (χ0n) is 13.6. The minimum absolute atomic E-state index is 0.120. The van der Waals surface area contributed by atoms with E-state index >= 15 is 0 Å². The molecule has 0 bridgehead atoms. The second kappa shape index (κ2) is 6.51. The summed E-state index contributed by atoms with van der Waals surface area (Å²) in [5, 5.41) is 14.5. The zero-order valence-corrected chi connectivity index (χ0v) is 14.4. The van der Waals surface area contributed by atoms with Crippen molar-refractivity contribution in [2.75, 3.05) is 0 Å². The van der Waals surface area contributed by atoms with Crippen molar-refractivity contribution in [2.24, 2.45) is 7.05 Å². The lowest BCUT2D eigenvalue weighted by atomic mass is 10.1. The average Bonchev–Trinajstić information content (AvgIpc) is 3.15. The summed E-state index contributed by atoms with van der Waals surface area (Å²) in [5.74, 6) is -0.387. The van der Waals surface area contributed by atoms with Gasteiger partial charge in [0.05, 0.1) is 5.25 Å². The number of nitrogens with zero attached hydrogens (tertiary/aromatic N) is 5. The van der Waals surface area contributed by atoms with Crippen LogP contribution in [-0.2, 0) is 13.2 Å². The Balaban J connectivity index is 1.77. The summed E-state index contributed by atoms with van der Waals surface area (Å²) in [6, 6.07) is 7.58.